The number of thiophene rings is 1. The van der Waals surface area contributed by atoms with Gasteiger partial charge in [0.15, 0.2) is 0 Å². The minimum absolute atomic E-state index is 0.0559. The van der Waals surface area contributed by atoms with E-state index < -0.39 is 0 Å². The van der Waals surface area contributed by atoms with Crippen LogP contribution in [0.3, 0.4) is 0 Å². The van der Waals surface area contributed by atoms with Crippen LogP contribution in [-0.2, 0) is 16.1 Å². The summed E-state index contributed by atoms with van der Waals surface area (Å²) >= 11 is 1.85. The lowest BCUT2D eigenvalue weighted by molar-refractivity contribution is -0.129. The summed E-state index contributed by atoms with van der Waals surface area (Å²) in [6.45, 7) is 4.76. The second kappa shape index (κ2) is 5.84. The molecule has 20 heavy (non-hydrogen) atoms. The molecule has 110 valence electrons. The molecular weight excluding hydrogens is 272 g/mol. The lowest BCUT2D eigenvalue weighted by atomic mass is 9.89. The topological polar surface area (TPSA) is 41.6 Å². The third-order valence-electron chi connectivity index (χ3n) is 4.39. The number of amides is 1. The summed E-state index contributed by atoms with van der Waals surface area (Å²) in [7, 11) is 1.72. The van der Waals surface area contributed by atoms with Gasteiger partial charge in [0.05, 0.1) is 12.0 Å². The van der Waals surface area contributed by atoms with Crippen molar-refractivity contribution in [1.29, 1.82) is 0 Å². The van der Waals surface area contributed by atoms with Gasteiger partial charge >= 0.3 is 0 Å². The third kappa shape index (κ3) is 2.75. The van der Waals surface area contributed by atoms with Gasteiger partial charge in [0.25, 0.3) is 0 Å². The fourth-order valence-corrected chi connectivity index (χ4v) is 4.32. The lowest BCUT2D eigenvalue weighted by Crippen LogP contribution is -2.52. The highest BCUT2D eigenvalue weighted by molar-refractivity contribution is 7.11. The first-order chi connectivity index (χ1) is 9.67. The number of hydrogen-bond acceptors (Lipinski definition) is 4. The van der Waals surface area contributed by atoms with Crippen LogP contribution in [0.15, 0.2) is 12.1 Å². The van der Waals surface area contributed by atoms with Crippen LogP contribution in [0.2, 0.25) is 0 Å². The summed E-state index contributed by atoms with van der Waals surface area (Å²) in [6.07, 6.45) is 2.19. The summed E-state index contributed by atoms with van der Waals surface area (Å²) in [5, 5.41) is 2.78. The van der Waals surface area contributed by atoms with Crippen molar-refractivity contribution in [3.8, 4) is 0 Å². The van der Waals surface area contributed by atoms with E-state index in [1.165, 1.54) is 9.75 Å². The number of carbonyl (C=O) groups is 1. The number of hydrogen-bond donors (Lipinski definition) is 1. The van der Waals surface area contributed by atoms with Crippen LogP contribution in [0.5, 0.6) is 0 Å². The molecule has 3 rings (SSSR count). The quantitative estimate of drug-likeness (QED) is 0.924. The molecule has 0 saturated carbocycles. The smallest absolute Gasteiger partial charge is 0.224 e. The second-order valence-electron chi connectivity index (χ2n) is 5.75. The van der Waals surface area contributed by atoms with Crippen LogP contribution in [0.25, 0.3) is 0 Å². The van der Waals surface area contributed by atoms with Crippen LogP contribution < -0.4 is 5.32 Å². The molecule has 0 bridgehead atoms. The molecule has 0 unspecified atom stereocenters. The van der Waals surface area contributed by atoms with E-state index in [-0.39, 0.29) is 17.9 Å². The molecule has 3 atom stereocenters. The summed E-state index contributed by atoms with van der Waals surface area (Å²) < 4.78 is 5.84. The highest BCUT2D eigenvalue weighted by Crippen LogP contribution is 2.33. The predicted octanol–water partition coefficient (Wildman–Crippen LogP) is 1.78. The van der Waals surface area contributed by atoms with Crippen LogP contribution in [0.4, 0.5) is 0 Å². The van der Waals surface area contributed by atoms with Crippen LogP contribution in [0, 0.1) is 12.8 Å². The molecule has 2 saturated heterocycles. The largest absolute Gasteiger partial charge is 0.377 e. The minimum Gasteiger partial charge on any atom is -0.377 e. The zero-order chi connectivity index (χ0) is 14.1. The molecule has 1 aromatic rings. The van der Waals surface area contributed by atoms with E-state index in [4.69, 9.17) is 4.74 Å². The maximum atomic E-state index is 12.0. The molecule has 0 aromatic carbocycles. The lowest BCUT2D eigenvalue weighted by Gasteiger charge is -2.39. The number of nitrogens with zero attached hydrogens (tertiary/aromatic N) is 1. The van der Waals surface area contributed by atoms with Crippen molar-refractivity contribution in [2.24, 2.45) is 5.92 Å². The summed E-state index contributed by atoms with van der Waals surface area (Å²) in [6, 6.07) is 4.86. The first kappa shape index (κ1) is 14.0. The van der Waals surface area contributed by atoms with Gasteiger partial charge < -0.3 is 10.1 Å². The minimum atomic E-state index is 0.0559. The molecule has 0 spiro atoms. The van der Waals surface area contributed by atoms with Crippen molar-refractivity contribution in [2.75, 3.05) is 20.2 Å². The first-order valence-corrected chi connectivity index (χ1v) is 8.11. The Morgan fingerprint density at radius 1 is 1.55 bits per heavy atom. The monoisotopic (exact) mass is 294 g/mol. The Balaban J connectivity index is 1.74. The summed E-state index contributed by atoms with van der Waals surface area (Å²) in [4.78, 5) is 17.1. The van der Waals surface area contributed by atoms with Crippen molar-refractivity contribution in [1.82, 2.24) is 10.2 Å². The zero-order valence-corrected chi connectivity index (χ0v) is 12.9. The van der Waals surface area contributed by atoms with E-state index in [0.717, 1.165) is 32.5 Å². The number of rotatable bonds is 3. The Kier molecular flexibility index (Phi) is 4.10. The van der Waals surface area contributed by atoms with Gasteiger partial charge in [-0.3, -0.25) is 9.69 Å². The van der Waals surface area contributed by atoms with Gasteiger partial charge in [-0.2, -0.15) is 0 Å². The first-order valence-electron chi connectivity index (χ1n) is 7.30. The fraction of sp³-hybridized carbons (Fsp3) is 0.667. The molecule has 5 heteroatoms. The fourth-order valence-electron chi connectivity index (χ4n) is 3.40. The third-order valence-corrected chi connectivity index (χ3v) is 5.37. The zero-order valence-electron chi connectivity index (χ0n) is 12.1. The van der Waals surface area contributed by atoms with Crippen molar-refractivity contribution in [2.45, 2.75) is 38.5 Å². The van der Waals surface area contributed by atoms with Gasteiger partial charge in [-0.25, -0.2) is 0 Å². The summed E-state index contributed by atoms with van der Waals surface area (Å²) in [5.41, 5.74) is 0. The van der Waals surface area contributed by atoms with Crippen LogP contribution >= 0.6 is 11.3 Å². The predicted molar refractivity (Wildman–Crippen MR) is 79.8 cm³/mol. The SMILES string of the molecule is CNC(=O)[C@@H]1C[C@@H]2OCC[C@@H]2N(Cc2ccc(C)s2)C1. The molecule has 4 nitrogen and oxygen atoms in total. The molecule has 1 N–H and O–H groups in total. The molecular formula is C15H22N2O2S. The average molecular weight is 294 g/mol. The van der Waals surface area contributed by atoms with Crippen molar-refractivity contribution in [3.05, 3.63) is 21.9 Å². The van der Waals surface area contributed by atoms with E-state index >= 15 is 0 Å². The van der Waals surface area contributed by atoms with Crippen LogP contribution in [-0.4, -0.2) is 43.2 Å². The van der Waals surface area contributed by atoms with Gasteiger partial charge in [0.1, 0.15) is 0 Å². The van der Waals surface area contributed by atoms with Crippen molar-refractivity contribution >= 4 is 17.2 Å². The Morgan fingerprint density at radius 3 is 3.10 bits per heavy atom. The second-order valence-corrected chi connectivity index (χ2v) is 7.13. The number of aryl methyl sites for hydroxylation is 1. The van der Waals surface area contributed by atoms with Gasteiger partial charge in [0, 0.05) is 42.5 Å². The van der Waals surface area contributed by atoms with E-state index in [0.29, 0.717) is 6.04 Å². The van der Waals surface area contributed by atoms with Gasteiger partial charge in [0.2, 0.25) is 5.91 Å². The highest BCUT2D eigenvalue weighted by atomic mass is 32.1. The molecule has 2 aliphatic heterocycles. The summed E-state index contributed by atoms with van der Waals surface area (Å²) in [5.74, 6) is 0.201. The maximum absolute atomic E-state index is 12.0. The van der Waals surface area contributed by atoms with Crippen molar-refractivity contribution < 1.29 is 9.53 Å². The molecule has 0 radical (unpaired) electrons. The Morgan fingerprint density at radius 2 is 2.40 bits per heavy atom. The molecule has 1 amide bonds. The molecule has 0 aliphatic carbocycles. The standard InChI is InChI=1S/C15H22N2O2S/c1-10-3-4-12(20-10)9-17-8-11(15(18)16-2)7-14-13(17)5-6-19-14/h3-4,11,13-14H,5-9H2,1-2H3,(H,16,18)/t11-,13+,14+/m1/s1. The Bertz CT molecular complexity index is 488. The number of piperidine rings is 1. The van der Waals surface area contributed by atoms with Gasteiger partial charge in [-0.05, 0) is 31.9 Å². The number of nitrogens with one attached hydrogen (secondary N) is 1. The number of carbonyl (C=O) groups excluding carboxylic acids is 1. The highest BCUT2D eigenvalue weighted by Gasteiger charge is 2.41. The van der Waals surface area contributed by atoms with Gasteiger partial charge in [-0.15, -0.1) is 11.3 Å². The number of likely N-dealkylation sites (tertiary alicyclic amines) is 1. The number of fused-ring (bicyclic) bond motifs is 1. The maximum Gasteiger partial charge on any atom is 0.224 e. The average Bonchev–Trinajstić information content (AvgIpc) is 3.06. The van der Waals surface area contributed by atoms with Crippen molar-refractivity contribution in [3.63, 3.8) is 0 Å². The van der Waals surface area contributed by atoms with Crippen LogP contribution in [0.1, 0.15) is 22.6 Å². The molecule has 1 aromatic heterocycles. The number of ether oxygens (including phenoxy) is 1. The Hall–Kier alpha value is -0.910. The molecule has 3 heterocycles. The van der Waals surface area contributed by atoms with E-state index in [9.17, 15) is 4.79 Å². The Labute approximate surface area is 124 Å². The van der Waals surface area contributed by atoms with E-state index in [1.807, 2.05) is 11.3 Å². The molecule has 2 fully saturated rings. The van der Waals surface area contributed by atoms with E-state index in [2.05, 4.69) is 29.3 Å². The normalized spacial score (nSPS) is 30.2. The van der Waals surface area contributed by atoms with E-state index in [1.54, 1.807) is 7.05 Å². The van der Waals surface area contributed by atoms with Gasteiger partial charge in [-0.1, -0.05) is 0 Å². The molecule has 2 aliphatic rings.